The van der Waals surface area contributed by atoms with Crippen molar-refractivity contribution in [2.24, 2.45) is 5.92 Å². The molecule has 1 saturated carbocycles. The van der Waals surface area contributed by atoms with Gasteiger partial charge in [-0.05, 0) is 18.8 Å². The summed E-state index contributed by atoms with van der Waals surface area (Å²) in [5.41, 5.74) is 0.204. The molecule has 0 bridgehead atoms. The highest BCUT2D eigenvalue weighted by atomic mass is 16.5. The van der Waals surface area contributed by atoms with Crippen LogP contribution in [0.15, 0.2) is 12.4 Å². The average molecular weight is 251 g/mol. The van der Waals surface area contributed by atoms with Gasteiger partial charge in [0.15, 0.2) is 5.69 Å². The van der Waals surface area contributed by atoms with Gasteiger partial charge in [-0.1, -0.05) is 0 Å². The molecule has 0 aromatic carbocycles. The number of esters is 1. The Morgan fingerprint density at radius 3 is 2.89 bits per heavy atom. The van der Waals surface area contributed by atoms with E-state index >= 15 is 0 Å². The molecule has 0 atom stereocenters. The number of anilines is 1. The number of aromatic nitrogens is 2. The summed E-state index contributed by atoms with van der Waals surface area (Å²) in [6.45, 7) is 0.802. The zero-order chi connectivity index (χ0) is 13.1. The molecular weight excluding hydrogens is 234 g/mol. The maximum atomic E-state index is 11.3. The second-order valence-corrected chi connectivity index (χ2v) is 4.63. The standard InChI is InChI=1S/C12H17N3O3/c1-15(7-8-3-9(16)4-8)11-6-13-5-10(14-11)12(17)18-2/h5-6,8-9,16H,3-4,7H2,1-2H3. The van der Waals surface area contributed by atoms with Gasteiger partial charge in [-0.3, -0.25) is 4.98 Å². The van der Waals surface area contributed by atoms with E-state index in [-0.39, 0.29) is 11.8 Å². The van der Waals surface area contributed by atoms with Crippen LogP contribution in [0.5, 0.6) is 0 Å². The van der Waals surface area contributed by atoms with E-state index in [1.54, 1.807) is 6.20 Å². The Bertz CT molecular complexity index is 432. The normalized spacial score (nSPS) is 22.2. The maximum Gasteiger partial charge on any atom is 0.358 e. The first-order valence-corrected chi connectivity index (χ1v) is 5.89. The van der Waals surface area contributed by atoms with Crippen LogP contribution in [-0.2, 0) is 4.74 Å². The lowest BCUT2D eigenvalue weighted by molar-refractivity contribution is 0.0464. The number of hydrogen-bond donors (Lipinski definition) is 1. The highest BCUT2D eigenvalue weighted by Gasteiger charge is 2.28. The predicted octanol–water partition coefficient (Wildman–Crippen LogP) is 0.470. The van der Waals surface area contributed by atoms with Crippen molar-refractivity contribution in [3.05, 3.63) is 18.1 Å². The van der Waals surface area contributed by atoms with Crippen LogP contribution in [0, 0.1) is 5.92 Å². The van der Waals surface area contributed by atoms with E-state index in [1.165, 1.54) is 13.3 Å². The molecular formula is C12H17N3O3. The summed E-state index contributed by atoms with van der Waals surface area (Å²) in [6, 6.07) is 0. The van der Waals surface area contributed by atoms with Gasteiger partial charge in [0.25, 0.3) is 0 Å². The van der Waals surface area contributed by atoms with Crippen LogP contribution in [-0.4, -0.2) is 47.8 Å². The monoisotopic (exact) mass is 251 g/mol. The van der Waals surface area contributed by atoms with Gasteiger partial charge in [-0.15, -0.1) is 0 Å². The van der Waals surface area contributed by atoms with Crippen molar-refractivity contribution in [1.29, 1.82) is 0 Å². The summed E-state index contributed by atoms with van der Waals surface area (Å²) in [7, 11) is 3.21. The van der Waals surface area contributed by atoms with E-state index in [2.05, 4.69) is 14.7 Å². The molecule has 98 valence electrons. The van der Waals surface area contributed by atoms with Crippen molar-refractivity contribution in [3.8, 4) is 0 Å². The number of rotatable bonds is 4. The third-order valence-corrected chi connectivity index (χ3v) is 3.15. The van der Waals surface area contributed by atoms with E-state index in [0.29, 0.717) is 11.7 Å². The Hall–Kier alpha value is -1.69. The molecule has 0 amide bonds. The van der Waals surface area contributed by atoms with Crippen LogP contribution >= 0.6 is 0 Å². The fraction of sp³-hybridized carbons (Fsp3) is 0.583. The molecule has 1 N–H and O–H groups in total. The van der Waals surface area contributed by atoms with E-state index in [1.807, 2.05) is 11.9 Å². The number of ether oxygens (including phenoxy) is 1. The van der Waals surface area contributed by atoms with Crippen molar-refractivity contribution >= 4 is 11.8 Å². The van der Waals surface area contributed by atoms with Gasteiger partial charge in [0.05, 0.1) is 25.6 Å². The molecule has 0 saturated heterocycles. The van der Waals surface area contributed by atoms with E-state index < -0.39 is 5.97 Å². The van der Waals surface area contributed by atoms with Crippen LogP contribution < -0.4 is 4.90 Å². The number of hydrogen-bond acceptors (Lipinski definition) is 6. The number of carbonyl (C=O) groups is 1. The summed E-state index contributed by atoms with van der Waals surface area (Å²) in [5.74, 6) is 0.629. The molecule has 0 spiro atoms. The first kappa shape index (κ1) is 12.8. The average Bonchev–Trinajstić information content (AvgIpc) is 2.36. The topological polar surface area (TPSA) is 75.5 Å². The summed E-state index contributed by atoms with van der Waals surface area (Å²) in [5, 5.41) is 9.24. The minimum Gasteiger partial charge on any atom is -0.464 e. The van der Waals surface area contributed by atoms with Crippen LogP contribution in [0.4, 0.5) is 5.82 Å². The lowest BCUT2D eigenvalue weighted by atomic mass is 9.82. The number of methoxy groups -OCH3 is 1. The molecule has 6 heteroatoms. The van der Waals surface area contributed by atoms with Gasteiger partial charge in [0.2, 0.25) is 0 Å². The Kier molecular flexibility index (Phi) is 3.76. The molecule has 1 aliphatic carbocycles. The second kappa shape index (κ2) is 5.30. The molecule has 1 aliphatic rings. The largest absolute Gasteiger partial charge is 0.464 e. The smallest absolute Gasteiger partial charge is 0.358 e. The van der Waals surface area contributed by atoms with Gasteiger partial charge in [-0.25, -0.2) is 9.78 Å². The first-order chi connectivity index (χ1) is 8.60. The minimum atomic E-state index is -0.489. The van der Waals surface area contributed by atoms with Crippen molar-refractivity contribution in [2.75, 3.05) is 25.6 Å². The second-order valence-electron chi connectivity index (χ2n) is 4.63. The van der Waals surface area contributed by atoms with Gasteiger partial charge in [-0.2, -0.15) is 0 Å². The van der Waals surface area contributed by atoms with Gasteiger partial charge in [0.1, 0.15) is 5.82 Å². The predicted molar refractivity (Wildman–Crippen MR) is 65.4 cm³/mol. The summed E-state index contributed by atoms with van der Waals surface area (Å²) >= 11 is 0. The summed E-state index contributed by atoms with van der Waals surface area (Å²) in [6.07, 6.45) is 4.50. The zero-order valence-electron chi connectivity index (χ0n) is 10.5. The Balaban J connectivity index is 2.01. The van der Waals surface area contributed by atoms with Gasteiger partial charge >= 0.3 is 5.97 Å². The maximum absolute atomic E-state index is 11.3. The Labute approximate surface area is 106 Å². The fourth-order valence-electron chi connectivity index (χ4n) is 2.07. The molecule has 0 aliphatic heterocycles. The Morgan fingerprint density at radius 2 is 2.28 bits per heavy atom. The quantitative estimate of drug-likeness (QED) is 0.784. The molecule has 2 rings (SSSR count). The van der Waals surface area contributed by atoms with Crippen LogP contribution in [0.3, 0.4) is 0 Å². The van der Waals surface area contributed by atoms with Crippen LogP contribution in [0.2, 0.25) is 0 Å². The SMILES string of the molecule is COC(=O)c1cncc(N(C)CC2CC(O)C2)n1. The summed E-state index contributed by atoms with van der Waals surface area (Å²) < 4.78 is 4.61. The molecule has 1 aromatic rings. The third kappa shape index (κ3) is 2.76. The highest BCUT2D eigenvalue weighted by Crippen LogP contribution is 2.28. The zero-order valence-corrected chi connectivity index (χ0v) is 10.5. The lowest BCUT2D eigenvalue weighted by Crippen LogP contribution is -2.37. The van der Waals surface area contributed by atoms with Crippen molar-refractivity contribution in [1.82, 2.24) is 9.97 Å². The molecule has 6 nitrogen and oxygen atoms in total. The number of carbonyl (C=O) groups excluding carboxylic acids is 1. The van der Waals surface area contributed by atoms with Crippen molar-refractivity contribution in [2.45, 2.75) is 18.9 Å². The van der Waals surface area contributed by atoms with E-state index in [0.717, 1.165) is 19.4 Å². The van der Waals surface area contributed by atoms with E-state index in [4.69, 9.17) is 0 Å². The minimum absolute atomic E-state index is 0.157. The number of nitrogens with zero attached hydrogens (tertiary/aromatic N) is 3. The number of aliphatic hydroxyl groups excluding tert-OH is 1. The van der Waals surface area contributed by atoms with Gasteiger partial charge < -0.3 is 14.7 Å². The fourth-order valence-corrected chi connectivity index (χ4v) is 2.07. The molecule has 1 heterocycles. The first-order valence-electron chi connectivity index (χ1n) is 5.89. The highest BCUT2D eigenvalue weighted by molar-refractivity contribution is 5.87. The van der Waals surface area contributed by atoms with Gasteiger partial charge in [0, 0.05) is 13.6 Å². The van der Waals surface area contributed by atoms with Crippen LogP contribution in [0.1, 0.15) is 23.3 Å². The third-order valence-electron chi connectivity index (χ3n) is 3.15. The molecule has 1 aromatic heterocycles. The molecule has 1 fully saturated rings. The summed E-state index contributed by atoms with van der Waals surface area (Å²) in [4.78, 5) is 21.5. The van der Waals surface area contributed by atoms with Crippen molar-refractivity contribution in [3.63, 3.8) is 0 Å². The van der Waals surface area contributed by atoms with E-state index in [9.17, 15) is 9.90 Å². The van der Waals surface area contributed by atoms with Crippen molar-refractivity contribution < 1.29 is 14.6 Å². The lowest BCUT2D eigenvalue weighted by Gasteiger charge is -2.34. The molecule has 0 unspecified atom stereocenters. The molecule has 0 radical (unpaired) electrons. The molecule has 18 heavy (non-hydrogen) atoms. The number of aliphatic hydroxyl groups is 1. The van der Waals surface area contributed by atoms with Crippen LogP contribution in [0.25, 0.3) is 0 Å². The Morgan fingerprint density at radius 1 is 1.56 bits per heavy atom.